The van der Waals surface area contributed by atoms with Crippen LogP contribution in [0.5, 0.6) is 0 Å². The van der Waals surface area contributed by atoms with E-state index >= 15 is 0 Å². The molecule has 1 aliphatic rings. The molecule has 1 aromatic carbocycles. The number of carbonyl (C=O) groups excluding carboxylic acids is 1. The van der Waals surface area contributed by atoms with E-state index in [1.807, 2.05) is 4.90 Å². The summed E-state index contributed by atoms with van der Waals surface area (Å²) in [6.45, 7) is 5.40. The Balaban J connectivity index is 0.00000208. The Hall–Kier alpha value is -1.70. The van der Waals surface area contributed by atoms with Gasteiger partial charge in [-0.25, -0.2) is 0 Å². The lowest BCUT2D eigenvalue weighted by molar-refractivity contribution is 0.0533. The van der Waals surface area contributed by atoms with Crippen molar-refractivity contribution in [2.24, 2.45) is 11.1 Å². The maximum absolute atomic E-state index is 13.0. The van der Waals surface area contributed by atoms with E-state index in [0.717, 1.165) is 6.42 Å². The van der Waals surface area contributed by atoms with Gasteiger partial charge in [-0.15, -0.1) is 17.5 Å². The second-order valence-electron chi connectivity index (χ2n) is 6.53. The third kappa shape index (κ3) is 3.53. The summed E-state index contributed by atoms with van der Waals surface area (Å²) >= 11 is 6.09. The average molecular weight is 371 g/mol. The molecule has 2 N–H and O–H groups in total. The van der Waals surface area contributed by atoms with Crippen molar-refractivity contribution in [2.45, 2.75) is 26.3 Å². The minimum absolute atomic E-state index is 0. The van der Waals surface area contributed by atoms with E-state index in [-0.39, 0.29) is 29.8 Å². The van der Waals surface area contributed by atoms with Crippen molar-refractivity contribution in [3.05, 3.63) is 35.1 Å². The lowest BCUT2D eigenvalue weighted by atomic mass is 9.79. The van der Waals surface area contributed by atoms with E-state index in [1.54, 1.807) is 18.2 Å². The van der Waals surface area contributed by atoms with E-state index in [2.05, 4.69) is 29.4 Å². The summed E-state index contributed by atoms with van der Waals surface area (Å²) in [6.07, 6.45) is 2.23. The SMILES string of the molecule is CC1(C)CN(C(=O)c2cc(Cl)ccc2-n2cnnn2)CCC1N.Cl. The van der Waals surface area contributed by atoms with Crippen LogP contribution in [0.15, 0.2) is 24.5 Å². The maximum Gasteiger partial charge on any atom is 0.256 e. The third-order valence-corrected chi connectivity index (χ3v) is 4.62. The van der Waals surface area contributed by atoms with Crippen LogP contribution in [-0.2, 0) is 0 Å². The molecule has 0 bridgehead atoms. The monoisotopic (exact) mass is 370 g/mol. The first kappa shape index (κ1) is 18.6. The minimum Gasteiger partial charge on any atom is -0.338 e. The first-order valence-electron chi connectivity index (χ1n) is 7.46. The molecular weight excluding hydrogens is 351 g/mol. The molecule has 0 radical (unpaired) electrons. The van der Waals surface area contributed by atoms with Gasteiger partial charge < -0.3 is 10.6 Å². The Morgan fingerprint density at radius 1 is 1.42 bits per heavy atom. The molecule has 3 rings (SSSR count). The molecule has 1 atom stereocenters. The van der Waals surface area contributed by atoms with E-state index < -0.39 is 0 Å². The van der Waals surface area contributed by atoms with Crippen LogP contribution < -0.4 is 5.73 Å². The third-order valence-electron chi connectivity index (χ3n) is 4.38. The molecule has 1 unspecified atom stereocenters. The van der Waals surface area contributed by atoms with Crippen LogP contribution >= 0.6 is 24.0 Å². The van der Waals surface area contributed by atoms with Gasteiger partial charge in [0.2, 0.25) is 0 Å². The number of hydrogen-bond donors (Lipinski definition) is 1. The number of nitrogens with zero attached hydrogens (tertiary/aromatic N) is 5. The molecule has 7 nitrogen and oxygen atoms in total. The fourth-order valence-corrected chi connectivity index (χ4v) is 3.04. The molecule has 2 aromatic rings. The van der Waals surface area contributed by atoms with Gasteiger partial charge >= 0.3 is 0 Å². The number of amides is 1. The molecule has 1 saturated heterocycles. The molecule has 0 saturated carbocycles. The lowest BCUT2D eigenvalue weighted by Gasteiger charge is -2.42. The summed E-state index contributed by atoms with van der Waals surface area (Å²) in [5.74, 6) is -0.0852. The van der Waals surface area contributed by atoms with E-state index in [4.69, 9.17) is 17.3 Å². The maximum atomic E-state index is 13.0. The highest BCUT2D eigenvalue weighted by Crippen LogP contribution is 2.30. The van der Waals surface area contributed by atoms with E-state index in [1.165, 1.54) is 11.0 Å². The van der Waals surface area contributed by atoms with Crippen LogP contribution in [0.1, 0.15) is 30.6 Å². The lowest BCUT2D eigenvalue weighted by Crippen LogP contribution is -2.54. The Morgan fingerprint density at radius 3 is 2.79 bits per heavy atom. The van der Waals surface area contributed by atoms with Gasteiger partial charge in [-0.1, -0.05) is 25.4 Å². The van der Waals surface area contributed by atoms with Gasteiger partial charge in [0.15, 0.2) is 0 Å². The Morgan fingerprint density at radius 2 is 2.17 bits per heavy atom. The molecule has 9 heteroatoms. The number of piperidine rings is 1. The number of aromatic nitrogens is 4. The highest BCUT2D eigenvalue weighted by atomic mass is 35.5. The minimum atomic E-state index is -0.124. The zero-order valence-electron chi connectivity index (χ0n) is 13.5. The van der Waals surface area contributed by atoms with Crippen LogP contribution in [0.3, 0.4) is 0 Å². The number of carbonyl (C=O) groups is 1. The molecule has 1 amide bonds. The predicted octanol–water partition coefficient (Wildman–Crippen LogP) is 1.94. The Labute approximate surface area is 151 Å². The van der Waals surface area contributed by atoms with Crippen molar-refractivity contribution in [3.63, 3.8) is 0 Å². The number of likely N-dealkylation sites (tertiary alicyclic amines) is 1. The molecule has 1 aromatic heterocycles. The molecule has 2 heterocycles. The zero-order valence-corrected chi connectivity index (χ0v) is 15.1. The average Bonchev–Trinajstić information content (AvgIpc) is 3.03. The molecule has 130 valence electrons. The van der Waals surface area contributed by atoms with Crippen LogP contribution in [-0.4, -0.2) is 50.1 Å². The van der Waals surface area contributed by atoms with Gasteiger partial charge in [-0.2, -0.15) is 4.68 Å². The predicted molar refractivity (Wildman–Crippen MR) is 93.7 cm³/mol. The second-order valence-corrected chi connectivity index (χ2v) is 6.96. The first-order valence-corrected chi connectivity index (χ1v) is 7.84. The number of halogens is 2. The fourth-order valence-electron chi connectivity index (χ4n) is 2.87. The molecule has 1 fully saturated rings. The van der Waals surface area contributed by atoms with Crippen molar-refractivity contribution < 1.29 is 4.79 Å². The van der Waals surface area contributed by atoms with Gasteiger partial charge in [0.25, 0.3) is 5.91 Å². The summed E-state index contributed by atoms with van der Waals surface area (Å²) in [5.41, 5.74) is 7.12. The number of benzene rings is 1. The largest absolute Gasteiger partial charge is 0.338 e. The number of nitrogens with two attached hydrogens (primary N) is 1. The Kier molecular flexibility index (Phi) is 5.47. The molecular formula is C15H20Cl2N6O. The number of hydrogen-bond acceptors (Lipinski definition) is 5. The zero-order chi connectivity index (χ0) is 16.6. The van der Waals surface area contributed by atoms with Gasteiger partial charge in [-0.05, 0) is 40.5 Å². The van der Waals surface area contributed by atoms with Crippen molar-refractivity contribution >= 4 is 29.9 Å². The van der Waals surface area contributed by atoms with Crippen molar-refractivity contribution in [1.82, 2.24) is 25.1 Å². The highest BCUT2D eigenvalue weighted by molar-refractivity contribution is 6.31. The van der Waals surface area contributed by atoms with Gasteiger partial charge in [-0.3, -0.25) is 4.79 Å². The van der Waals surface area contributed by atoms with Crippen LogP contribution in [0.25, 0.3) is 5.69 Å². The standard InChI is InChI=1S/C15H19ClN6O.ClH/c1-15(2)8-21(6-5-13(15)17)14(23)11-7-10(16)3-4-12(11)22-9-18-19-20-22;/h3-4,7,9,13H,5-6,8,17H2,1-2H3;1H. The summed E-state index contributed by atoms with van der Waals surface area (Å²) < 4.78 is 1.46. The normalized spacial score (nSPS) is 19.7. The molecule has 0 spiro atoms. The van der Waals surface area contributed by atoms with Crippen molar-refractivity contribution in [3.8, 4) is 5.69 Å². The van der Waals surface area contributed by atoms with E-state index in [0.29, 0.717) is 29.4 Å². The van der Waals surface area contributed by atoms with Crippen LogP contribution in [0.2, 0.25) is 5.02 Å². The van der Waals surface area contributed by atoms with Gasteiger partial charge in [0, 0.05) is 24.2 Å². The van der Waals surface area contributed by atoms with E-state index in [9.17, 15) is 4.79 Å². The summed E-state index contributed by atoms with van der Waals surface area (Å²) in [5, 5.41) is 11.6. The fraction of sp³-hybridized carbons (Fsp3) is 0.467. The topological polar surface area (TPSA) is 89.9 Å². The molecule has 0 aliphatic carbocycles. The smallest absolute Gasteiger partial charge is 0.256 e. The molecule has 24 heavy (non-hydrogen) atoms. The summed E-state index contributed by atoms with van der Waals surface area (Å²) in [7, 11) is 0. The molecule has 1 aliphatic heterocycles. The van der Waals surface area contributed by atoms with Crippen molar-refractivity contribution in [1.29, 1.82) is 0 Å². The van der Waals surface area contributed by atoms with Crippen LogP contribution in [0.4, 0.5) is 0 Å². The highest BCUT2D eigenvalue weighted by Gasteiger charge is 2.36. The summed E-state index contributed by atoms with van der Waals surface area (Å²) in [4.78, 5) is 14.8. The van der Waals surface area contributed by atoms with Gasteiger partial charge in [0.05, 0.1) is 11.3 Å². The summed E-state index contributed by atoms with van der Waals surface area (Å²) in [6, 6.07) is 5.20. The van der Waals surface area contributed by atoms with Crippen LogP contribution in [0, 0.1) is 5.41 Å². The first-order chi connectivity index (χ1) is 10.9. The number of tetrazole rings is 1. The van der Waals surface area contributed by atoms with Crippen molar-refractivity contribution in [2.75, 3.05) is 13.1 Å². The Bertz CT molecular complexity index is 719. The number of rotatable bonds is 2. The van der Waals surface area contributed by atoms with Gasteiger partial charge in [0.1, 0.15) is 6.33 Å². The second kappa shape index (κ2) is 7.04. The quantitative estimate of drug-likeness (QED) is 0.871.